The lowest BCUT2D eigenvalue weighted by Gasteiger charge is -2.08. The molecule has 0 saturated heterocycles. The first-order valence-electron chi connectivity index (χ1n) is 4.49. The van der Waals surface area contributed by atoms with Crippen LogP contribution in [0.25, 0.3) is 0 Å². The van der Waals surface area contributed by atoms with Gasteiger partial charge in [-0.05, 0) is 6.42 Å². The molecule has 0 fully saturated rings. The van der Waals surface area contributed by atoms with Gasteiger partial charge >= 0.3 is 0 Å². The summed E-state index contributed by atoms with van der Waals surface area (Å²) < 4.78 is 0. The zero-order valence-corrected chi connectivity index (χ0v) is 7.82. The van der Waals surface area contributed by atoms with E-state index in [1.807, 2.05) is 6.92 Å². The van der Waals surface area contributed by atoms with E-state index in [2.05, 4.69) is 20.0 Å². The molecule has 1 aliphatic rings. The molecule has 0 aromatic carbocycles. The van der Waals surface area contributed by atoms with Crippen molar-refractivity contribution in [3.63, 3.8) is 0 Å². The normalized spacial score (nSPS) is 19.4. The first-order chi connectivity index (χ1) is 6.70. The number of hydrogen-bond acceptors (Lipinski definition) is 5. The molecule has 74 valence electrons. The molecule has 1 aliphatic heterocycles. The number of nitrogens with two attached hydrogens (primary N) is 1. The SMILES string of the molecule is CCC1CN=c2nc(N)[nH]c(=O)c2=N1. The second kappa shape index (κ2) is 3.21. The van der Waals surface area contributed by atoms with Crippen LogP contribution in [0.1, 0.15) is 13.3 Å². The number of aromatic amines is 1. The van der Waals surface area contributed by atoms with Crippen molar-refractivity contribution < 1.29 is 0 Å². The molecule has 2 heterocycles. The Morgan fingerprint density at radius 1 is 1.64 bits per heavy atom. The molecule has 1 aromatic heterocycles. The molecule has 0 bridgehead atoms. The highest BCUT2D eigenvalue weighted by atomic mass is 16.1. The quantitative estimate of drug-likeness (QED) is 0.561. The molecule has 0 amide bonds. The van der Waals surface area contributed by atoms with E-state index in [9.17, 15) is 4.79 Å². The van der Waals surface area contributed by atoms with Crippen LogP contribution in [0.4, 0.5) is 5.95 Å². The maximum atomic E-state index is 11.4. The summed E-state index contributed by atoms with van der Waals surface area (Å²) in [4.78, 5) is 26.1. The van der Waals surface area contributed by atoms with Crippen LogP contribution in [0.15, 0.2) is 14.8 Å². The summed E-state index contributed by atoms with van der Waals surface area (Å²) >= 11 is 0. The third-order valence-corrected chi connectivity index (χ3v) is 2.13. The van der Waals surface area contributed by atoms with E-state index < -0.39 is 0 Å². The summed E-state index contributed by atoms with van der Waals surface area (Å²) in [6.45, 7) is 2.59. The number of fused-ring (bicyclic) bond motifs is 1. The summed E-state index contributed by atoms with van der Waals surface area (Å²) in [5.41, 5.74) is 5.43. The van der Waals surface area contributed by atoms with E-state index in [0.717, 1.165) is 6.42 Å². The van der Waals surface area contributed by atoms with Crippen molar-refractivity contribution in [2.75, 3.05) is 12.3 Å². The lowest BCUT2D eigenvalue weighted by molar-refractivity contribution is 0.608. The predicted octanol–water partition coefficient (Wildman–Crippen LogP) is -1.62. The maximum Gasteiger partial charge on any atom is 0.280 e. The number of nitrogen functional groups attached to an aromatic ring is 1. The molecular formula is C8H11N5O. The minimum Gasteiger partial charge on any atom is -0.369 e. The predicted molar refractivity (Wildman–Crippen MR) is 50.5 cm³/mol. The molecule has 2 rings (SSSR count). The molecule has 6 nitrogen and oxygen atoms in total. The number of nitrogens with one attached hydrogen (secondary N) is 1. The van der Waals surface area contributed by atoms with Gasteiger partial charge in [-0.25, -0.2) is 0 Å². The summed E-state index contributed by atoms with van der Waals surface area (Å²) in [6.07, 6.45) is 0.868. The first-order valence-corrected chi connectivity index (χ1v) is 4.49. The Kier molecular flexibility index (Phi) is 2.03. The van der Waals surface area contributed by atoms with Gasteiger partial charge in [0.05, 0.1) is 12.6 Å². The molecule has 14 heavy (non-hydrogen) atoms. The monoisotopic (exact) mass is 193 g/mol. The molecule has 3 N–H and O–H groups in total. The van der Waals surface area contributed by atoms with Crippen LogP contribution in [0.3, 0.4) is 0 Å². The van der Waals surface area contributed by atoms with Crippen molar-refractivity contribution in [3.8, 4) is 0 Å². The maximum absolute atomic E-state index is 11.4. The van der Waals surface area contributed by atoms with Crippen molar-refractivity contribution in [1.82, 2.24) is 9.97 Å². The van der Waals surface area contributed by atoms with Crippen LogP contribution in [0.5, 0.6) is 0 Å². The topological polar surface area (TPSA) is 96.5 Å². The van der Waals surface area contributed by atoms with E-state index in [1.165, 1.54) is 0 Å². The fraction of sp³-hybridized carbons (Fsp3) is 0.500. The van der Waals surface area contributed by atoms with Crippen LogP contribution in [0.2, 0.25) is 0 Å². The number of rotatable bonds is 1. The van der Waals surface area contributed by atoms with Crippen LogP contribution in [0, 0.1) is 0 Å². The van der Waals surface area contributed by atoms with Gasteiger partial charge in [-0.15, -0.1) is 0 Å². The average molecular weight is 193 g/mol. The Morgan fingerprint density at radius 2 is 2.43 bits per heavy atom. The highest BCUT2D eigenvalue weighted by Crippen LogP contribution is 1.96. The Morgan fingerprint density at radius 3 is 3.14 bits per heavy atom. The fourth-order valence-corrected chi connectivity index (χ4v) is 1.33. The molecule has 6 heteroatoms. The van der Waals surface area contributed by atoms with Gasteiger partial charge in [0.15, 0.2) is 10.8 Å². The van der Waals surface area contributed by atoms with Crippen molar-refractivity contribution in [3.05, 3.63) is 21.2 Å². The van der Waals surface area contributed by atoms with Crippen molar-refractivity contribution >= 4 is 5.95 Å². The van der Waals surface area contributed by atoms with Gasteiger partial charge in [0.25, 0.3) is 5.56 Å². The summed E-state index contributed by atoms with van der Waals surface area (Å²) in [5, 5.41) is 0.303. The lowest BCUT2D eigenvalue weighted by atomic mass is 10.2. The molecule has 1 unspecified atom stereocenters. The molecule has 1 aromatic rings. The van der Waals surface area contributed by atoms with Gasteiger partial charge in [0.2, 0.25) is 5.95 Å². The van der Waals surface area contributed by atoms with Crippen molar-refractivity contribution in [2.24, 2.45) is 9.98 Å². The second-order valence-corrected chi connectivity index (χ2v) is 3.16. The smallest absolute Gasteiger partial charge is 0.280 e. The molecule has 0 spiro atoms. The largest absolute Gasteiger partial charge is 0.369 e. The number of aromatic nitrogens is 2. The van der Waals surface area contributed by atoms with Crippen molar-refractivity contribution in [1.29, 1.82) is 0 Å². The Hall–Kier alpha value is -1.72. The highest BCUT2D eigenvalue weighted by molar-refractivity contribution is 5.12. The van der Waals surface area contributed by atoms with E-state index in [0.29, 0.717) is 17.4 Å². The number of nitrogens with zero attached hydrogens (tertiary/aromatic N) is 3. The number of hydrogen-bond donors (Lipinski definition) is 2. The second-order valence-electron chi connectivity index (χ2n) is 3.16. The standard InChI is InChI=1S/C8H11N5O/c1-2-4-3-10-6-5(11-4)7(14)13-8(9)12-6/h4H,2-3H2,1H3,(H3,9,10,12,13,14). The van der Waals surface area contributed by atoms with Crippen molar-refractivity contribution in [2.45, 2.75) is 19.4 Å². The minimum atomic E-state index is -0.311. The van der Waals surface area contributed by atoms with E-state index in [4.69, 9.17) is 5.73 Å². The third kappa shape index (κ3) is 1.39. The van der Waals surface area contributed by atoms with E-state index in [-0.39, 0.29) is 17.5 Å². The Labute approximate surface area is 79.6 Å². The van der Waals surface area contributed by atoms with Crippen LogP contribution >= 0.6 is 0 Å². The average Bonchev–Trinajstić information content (AvgIpc) is 2.17. The van der Waals surface area contributed by atoms with Crippen LogP contribution in [-0.4, -0.2) is 22.6 Å². The number of H-pyrrole nitrogens is 1. The summed E-state index contributed by atoms with van der Waals surface area (Å²) in [7, 11) is 0. The van der Waals surface area contributed by atoms with E-state index >= 15 is 0 Å². The molecule has 1 atom stereocenters. The Balaban J connectivity index is 2.74. The highest BCUT2D eigenvalue weighted by Gasteiger charge is 2.10. The van der Waals surface area contributed by atoms with Gasteiger partial charge < -0.3 is 5.73 Å². The van der Waals surface area contributed by atoms with Gasteiger partial charge in [-0.2, -0.15) is 4.98 Å². The van der Waals surface area contributed by atoms with Crippen LogP contribution < -0.4 is 22.1 Å². The number of anilines is 1. The van der Waals surface area contributed by atoms with Gasteiger partial charge in [0, 0.05) is 0 Å². The lowest BCUT2D eigenvalue weighted by Crippen LogP contribution is -2.47. The third-order valence-electron chi connectivity index (χ3n) is 2.13. The summed E-state index contributed by atoms with van der Waals surface area (Å²) in [5.74, 6) is 0.0858. The van der Waals surface area contributed by atoms with Gasteiger partial charge in [-0.3, -0.25) is 19.8 Å². The molecular weight excluding hydrogens is 182 g/mol. The van der Waals surface area contributed by atoms with Gasteiger partial charge in [0.1, 0.15) is 0 Å². The first kappa shape index (κ1) is 8.86. The van der Waals surface area contributed by atoms with Crippen LogP contribution in [-0.2, 0) is 0 Å². The molecule has 0 radical (unpaired) electrons. The minimum absolute atomic E-state index is 0.0858. The van der Waals surface area contributed by atoms with E-state index in [1.54, 1.807) is 0 Å². The molecule has 0 saturated carbocycles. The van der Waals surface area contributed by atoms with Gasteiger partial charge in [-0.1, -0.05) is 6.92 Å². The zero-order valence-electron chi connectivity index (χ0n) is 7.82. The molecule has 0 aliphatic carbocycles. The Bertz CT molecular complexity index is 518. The zero-order chi connectivity index (χ0) is 10.1. The fourth-order valence-electron chi connectivity index (χ4n) is 1.33. The summed E-state index contributed by atoms with van der Waals surface area (Å²) in [6, 6.07) is 0.0917.